The van der Waals surface area contributed by atoms with E-state index in [0.717, 1.165) is 48.3 Å². The molecule has 0 bridgehead atoms. The number of hydrogen-bond acceptors (Lipinski definition) is 3. The molecule has 3 heterocycles. The van der Waals surface area contributed by atoms with Crippen molar-refractivity contribution in [2.75, 3.05) is 34.2 Å². The standard InChI is InChI=1S/C21H25ClN4O2S/c1-23(2)10-4-11-25-20-18(16-9-12-24(3)13-17(16)29-20)19(27)26(21(25)28)15-7-5-14(22)6-8-15/h5-8H,4,9-13H2,1-3H3/p+2. The maximum Gasteiger partial charge on any atom is 0.336 e. The Morgan fingerprint density at radius 3 is 2.62 bits per heavy atom. The second-order valence-corrected chi connectivity index (χ2v) is 9.70. The van der Waals surface area contributed by atoms with Crippen LogP contribution in [0.4, 0.5) is 0 Å². The van der Waals surface area contributed by atoms with Gasteiger partial charge in [0, 0.05) is 24.4 Å². The molecule has 8 heteroatoms. The van der Waals surface area contributed by atoms with Crippen LogP contribution in [0, 0.1) is 0 Å². The van der Waals surface area contributed by atoms with Crippen LogP contribution >= 0.6 is 22.9 Å². The van der Waals surface area contributed by atoms with Crippen molar-refractivity contribution >= 4 is 33.2 Å². The average molecular weight is 435 g/mol. The molecular formula is C21H27ClN4O2S+2. The third-order valence-electron chi connectivity index (χ3n) is 5.56. The van der Waals surface area contributed by atoms with Crippen molar-refractivity contribution in [2.45, 2.75) is 25.9 Å². The van der Waals surface area contributed by atoms with Crippen molar-refractivity contribution in [1.82, 2.24) is 9.13 Å². The molecule has 1 unspecified atom stereocenters. The van der Waals surface area contributed by atoms with Gasteiger partial charge < -0.3 is 9.80 Å². The van der Waals surface area contributed by atoms with Gasteiger partial charge >= 0.3 is 5.69 Å². The predicted octanol–water partition coefficient (Wildman–Crippen LogP) is -0.0273. The summed E-state index contributed by atoms with van der Waals surface area (Å²) >= 11 is 7.65. The summed E-state index contributed by atoms with van der Waals surface area (Å²) in [6.45, 7) is 3.48. The summed E-state index contributed by atoms with van der Waals surface area (Å²) in [5.41, 5.74) is 1.23. The Bertz CT molecular complexity index is 1160. The first-order chi connectivity index (χ1) is 13.9. The van der Waals surface area contributed by atoms with Crippen LogP contribution in [-0.2, 0) is 19.5 Å². The molecule has 0 saturated heterocycles. The third-order valence-corrected chi connectivity index (χ3v) is 7.07. The summed E-state index contributed by atoms with van der Waals surface area (Å²) in [5, 5.41) is 1.31. The lowest BCUT2D eigenvalue weighted by atomic mass is 10.1. The third kappa shape index (κ3) is 3.80. The fourth-order valence-corrected chi connectivity index (χ4v) is 5.63. The second kappa shape index (κ2) is 8.07. The highest BCUT2D eigenvalue weighted by Crippen LogP contribution is 2.30. The van der Waals surface area contributed by atoms with Gasteiger partial charge in [0.25, 0.3) is 5.56 Å². The number of nitrogens with zero attached hydrogens (tertiary/aromatic N) is 2. The normalized spacial score (nSPS) is 16.5. The van der Waals surface area contributed by atoms with Crippen molar-refractivity contribution in [3.8, 4) is 5.69 Å². The molecule has 0 fully saturated rings. The van der Waals surface area contributed by atoms with Crippen LogP contribution in [0.1, 0.15) is 16.9 Å². The van der Waals surface area contributed by atoms with Gasteiger partial charge in [-0.2, -0.15) is 0 Å². The van der Waals surface area contributed by atoms with Gasteiger partial charge in [-0.15, -0.1) is 11.3 Å². The largest absolute Gasteiger partial charge is 0.340 e. The average Bonchev–Trinajstić information content (AvgIpc) is 3.04. The van der Waals surface area contributed by atoms with E-state index in [4.69, 9.17) is 11.6 Å². The maximum atomic E-state index is 13.5. The van der Waals surface area contributed by atoms with Gasteiger partial charge in [0.05, 0.1) is 50.2 Å². The highest BCUT2D eigenvalue weighted by Gasteiger charge is 2.27. The van der Waals surface area contributed by atoms with Crippen LogP contribution < -0.4 is 21.0 Å². The Kier molecular flexibility index (Phi) is 5.66. The molecule has 6 nitrogen and oxygen atoms in total. The molecule has 1 aliphatic rings. The van der Waals surface area contributed by atoms with E-state index < -0.39 is 0 Å². The molecule has 1 aromatic carbocycles. The van der Waals surface area contributed by atoms with Crippen LogP contribution in [0.3, 0.4) is 0 Å². The Morgan fingerprint density at radius 2 is 1.93 bits per heavy atom. The first-order valence-electron chi connectivity index (χ1n) is 10.0. The molecule has 154 valence electrons. The minimum Gasteiger partial charge on any atom is -0.340 e. The van der Waals surface area contributed by atoms with E-state index in [9.17, 15) is 9.59 Å². The van der Waals surface area contributed by atoms with E-state index in [1.165, 1.54) is 19.2 Å². The molecule has 0 saturated carbocycles. The molecule has 4 rings (SSSR count). The molecule has 29 heavy (non-hydrogen) atoms. The zero-order valence-electron chi connectivity index (χ0n) is 17.0. The monoisotopic (exact) mass is 434 g/mol. The van der Waals surface area contributed by atoms with Gasteiger partial charge in [-0.25, -0.2) is 9.36 Å². The first kappa shape index (κ1) is 20.3. The zero-order valence-corrected chi connectivity index (χ0v) is 18.6. The highest BCUT2D eigenvalue weighted by molar-refractivity contribution is 7.18. The number of rotatable bonds is 5. The lowest BCUT2D eigenvalue weighted by molar-refractivity contribution is -0.895. The quantitative estimate of drug-likeness (QED) is 0.592. The molecular weight excluding hydrogens is 408 g/mol. The van der Waals surface area contributed by atoms with Crippen LogP contribution in [0.15, 0.2) is 33.9 Å². The molecule has 0 amide bonds. The van der Waals surface area contributed by atoms with Gasteiger partial charge in [0.15, 0.2) is 0 Å². The number of thiophene rings is 1. The number of hydrogen-bond donors (Lipinski definition) is 2. The predicted molar refractivity (Wildman–Crippen MR) is 118 cm³/mol. The van der Waals surface area contributed by atoms with Crippen molar-refractivity contribution < 1.29 is 9.80 Å². The van der Waals surface area contributed by atoms with E-state index in [2.05, 4.69) is 21.1 Å². The Morgan fingerprint density at radius 1 is 1.21 bits per heavy atom. The highest BCUT2D eigenvalue weighted by atomic mass is 35.5. The number of nitrogens with one attached hydrogen (secondary N) is 2. The van der Waals surface area contributed by atoms with Crippen LogP contribution in [0.5, 0.6) is 0 Å². The van der Waals surface area contributed by atoms with Crippen LogP contribution in [0.2, 0.25) is 5.02 Å². The molecule has 0 radical (unpaired) electrons. The Balaban J connectivity index is 1.96. The first-order valence-corrected chi connectivity index (χ1v) is 11.2. The van der Waals surface area contributed by atoms with Crippen molar-refractivity contribution in [3.63, 3.8) is 0 Å². The number of fused-ring (bicyclic) bond motifs is 3. The SMILES string of the molecule is C[NH+](C)CCCn1c(=O)n(-c2ccc(Cl)cc2)c(=O)c2c3c(sc21)C[NH+](C)CC3. The minimum absolute atomic E-state index is 0.209. The van der Waals surface area contributed by atoms with Crippen LogP contribution in [-0.4, -0.2) is 43.4 Å². The van der Waals surface area contributed by atoms with Gasteiger partial charge in [-0.05, 0) is 29.8 Å². The zero-order chi connectivity index (χ0) is 20.7. The fourth-order valence-electron chi connectivity index (χ4n) is 4.03. The fraction of sp³-hybridized carbons (Fsp3) is 0.429. The molecule has 0 spiro atoms. The van der Waals surface area contributed by atoms with Crippen LogP contribution in [0.25, 0.3) is 15.9 Å². The molecule has 0 aliphatic carbocycles. The number of quaternary nitrogens is 2. The Labute approximate surface area is 178 Å². The summed E-state index contributed by atoms with van der Waals surface area (Å²) in [7, 11) is 6.39. The Hall–Kier alpha value is -1.93. The van der Waals surface area contributed by atoms with E-state index in [1.807, 2.05) is 4.57 Å². The summed E-state index contributed by atoms with van der Waals surface area (Å²) in [6.07, 6.45) is 1.75. The molecule has 2 aromatic heterocycles. The van der Waals surface area contributed by atoms with E-state index in [-0.39, 0.29) is 11.2 Å². The van der Waals surface area contributed by atoms with Gasteiger partial charge in [0.1, 0.15) is 11.4 Å². The summed E-state index contributed by atoms with van der Waals surface area (Å²) < 4.78 is 3.13. The summed E-state index contributed by atoms with van der Waals surface area (Å²) in [6, 6.07) is 6.91. The van der Waals surface area contributed by atoms with E-state index >= 15 is 0 Å². The lowest BCUT2D eigenvalue weighted by Crippen LogP contribution is -3.08. The van der Waals surface area contributed by atoms with Crippen molar-refractivity contribution in [1.29, 1.82) is 0 Å². The van der Waals surface area contributed by atoms with Gasteiger partial charge in [-0.3, -0.25) is 9.36 Å². The number of likely N-dealkylation sites (N-methyl/N-ethyl adjacent to an activating group) is 1. The molecule has 2 N–H and O–H groups in total. The summed E-state index contributed by atoms with van der Waals surface area (Å²) in [5.74, 6) is 0. The topological polar surface area (TPSA) is 52.9 Å². The molecule has 3 aromatic rings. The number of aryl methyl sites for hydroxylation is 1. The number of aromatic nitrogens is 2. The number of halogens is 1. The maximum absolute atomic E-state index is 13.5. The van der Waals surface area contributed by atoms with E-state index in [0.29, 0.717) is 17.3 Å². The lowest BCUT2D eigenvalue weighted by Gasteiger charge is -2.19. The van der Waals surface area contributed by atoms with Gasteiger partial charge in [0.2, 0.25) is 0 Å². The summed E-state index contributed by atoms with van der Waals surface area (Å²) in [4.78, 5) is 31.8. The van der Waals surface area contributed by atoms with Crippen molar-refractivity contribution in [2.24, 2.45) is 0 Å². The van der Waals surface area contributed by atoms with Crippen molar-refractivity contribution in [3.05, 3.63) is 60.6 Å². The van der Waals surface area contributed by atoms with Gasteiger partial charge in [-0.1, -0.05) is 11.6 Å². The second-order valence-electron chi connectivity index (χ2n) is 8.18. The molecule has 1 aliphatic heterocycles. The number of benzene rings is 1. The minimum atomic E-state index is -0.266. The molecule has 1 atom stereocenters. The van der Waals surface area contributed by atoms with E-state index in [1.54, 1.807) is 35.6 Å². The smallest absolute Gasteiger partial charge is 0.336 e.